The molecule has 0 aliphatic carbocycles. The van der Waals surface area contributed by atoms with Crippen LogP contribution in [0.3, 0.4) is 0 Å². The lowest BCUT2D eigenvalue weighted by Crippen LogP contribution is -2.20. The van der Waals surface area contributed by atoms with E-state index in [4.69, 9.17) is 51.1 Å². The first kappa shape index (κ1) is 23.5. The second kappa shape index (κ2) is 9.97. The van der Waals surface area contributed by atoms with Gasteiger partial charge in [-0.05, 0) is 54.6 Å². The fourth-order valence-corrected chi connectivity index (χ4v) is 4.27. The first-order valence-electron chi connectivity index (χ1n) is 8.60. The molecule has 6 nitrogen and oxygen atoms in total. The Labute approximate surface area is 199 Å². The number of benzene rings is 3. The fraction of sp³-hybridized carbons (Fsp3) is 0.0500. The summed E-state index contributed by atoms with van der Waals surface area (Å²) in [5.74, 6) is -0.179. The topological polar surface area (TPSA) is 84.5 Å². The van der Waals surface area contributed by atoms with Crippen LogP contribution in [0, 0.1) is 0 Å². The minimum atomic E-state index is -3.86. The standard InChI is InChI=1S/C20H14Cl4N2O4S/c21-15-9-4-12(10-18(15)24)26-31(28,29)14-7-5-13(6-8-14)30-11-19(27)25-20-16(22)2-1-3-17(20)23/h1-10,26H,11H2,(H,25,27). The summed E-state index contributed by atoms with van der Waals surface area (Å²) in [6.45, 7) is -0.324. The van der Waals surface area contributed by atoms with Crippen molar-refractivity contribution in [2.45, 2.75) is 4.90 Å². The number of hydrogen-bond donors (Lipinski definition) is 2. The van der Waals surface area contributed by atoms with Crippen LogP contribution in [0.4, 0.5) is 11.4 Å². The number of hydrogen-bond acceptors (Lipinski definition) is 4. The van der Waals surface area contributed by atoms with E-state index in [0.717, 1.165) is 0 Å². The maximum absolute atomic E-state index is 12.5. The van der Waals surface area contributed by atoms with Gasteiger partial charge in [-0.25, -0.2) is 8.42 Å². The van der Waals surface area contributed by atoms with Crippen LogP contribution in [-0.4, -0.2) is 20.9 Å². The van der Waals surface area contributed by atoms with Gasteiger partial charge in [0.25, 0.3) is 15.9 Å². The lowest BCUT2D eigenvalue weighted by molar-refractivity contribution is -0.118. The minimum Gasteiger partial charge on any atom is -0.484 e. The maximum Gasteiger partial charge on any atom is 0.262 e. The molecule has 0 aliphatic rings. The molecule has 0 aliphatic heterocycles. The number of halogens is 4. The predicted octanol–water partition coefficient (Wildman–Crippen LogP) is 6.12. The number of amides is 1. The van der Waals surface area contributed by atoms with Gasteiger partial charge in [0.1, 0.15) is 5.75 Å². The van der Waals surface area contributed by atoms with Gasteiger partial charge in [-0.1, -0.05) is 52.5 Å². The summed E-state index contributed by atoms with van der Waals surface area (Å²) in [7, 11) is -3.86. The third-order valence-electron chi connectivity index (χ3n) is 3.90. The van der Waals surface area contributed by atoms with E-state index in [1.54, 1.807) is 18.2 Å². The number of carbonyl (C=O) groups excluding carboxylic acids is 1. The van der Waals surface area contributed by atoms with Crippen LogP contribution in [0.25, 0.3) is 0 Å². The lowest BCUT2D eigenvalue weighted by atomic mass is 10.3. The van der Waals surface area contributed by atoms with E-state index in [2.05, 4.69) is 10.0 Å². The molecular formula is C20H14Cl4N2O4S. The van der Waals surface area contributed by atoms with Gasteiger partial charge in [0.15, 0.2) is 6.61 Å². The zero-order chi connectivity index (χ0) is 22.6. The Balaban J connectivity index is 1.61. The van der Waals surface area contributed by atoms with Crippen LogP contribution in [0.15, 0.2) is 65.6 Å². The van der Waals surface area contributed by atoms with Crippen LogP contribution in [0.2, 0.25) is 20.1 Å². The van der Waals surface area contributed by atoms with E-state index in [0.29, 0.717) is 20.8 Å². The lowest BCUT2D eigenvalue weighted by Gasteiger charge is -2.11. The monoisotopic (exact) mass is 518 g/mol. The maximum atomic E-state index is 12.5. The van der Waals surface area contributed by atoms with Crippen LogP contribution < -0.4 is 14.8 Å². The third kappa shape index (κ3) is 6.18. The van der Waals surface area contributed by atoms with Gasteiger partial charge in [-0.2, -0.15) is 0 Å². The van der Waals surface area contributed by atoms with E-state index in [1.807, 2.05) is 0 Å². The highest BCUT2D eigenvalue weighted by Crippen LogP contribution is 2.30. The summed E-state index contributed by atoms with van der Waals surface area (Å²) in [5.41, 5.74) is 0.555. The Hall–Kier alpha value is -2.16. The summed E-state index contributed by atoms with van der Waals surface area (Å²) < 4.78 is 32.8. The summed E-state index contributed by atoms with van der Waals surface area (Å²) >= 11 is 23.8. The third-order valence-corrected chi connectivity index (χ3v) is 6.67. The zero-order valence-corrected chi connectivity index (χ0v) is 19.4. The van der Waals surface area contributed by atoms with Crippen molar-refractivity contribution >= 4 is 73.7 Å². The van der Waals surface area contributed by atoms with Gasteiger partial charge in [0.2, 0.25) is 0 Å². The molecule has 31 heavy (non-hydrogen) atoms. The molecule has 0 fully saturated rings. The van der Waals surface area contributed by atoms with Crippen LogP contribution in [-0.2, 0) is 14.8 Å². The first-order chi connectivity index (χ1) is 14.7. The first-order valence-corrected chi connectivity index (χ1v) is 11.6. The number of carbonyl (C=O) groups is 1. The molecule has 0 bridgehead atoms. The van der Waals surface area contributed by atoms with Gasteiger partial charge in [0.05, 0.1) is 36.4 Å². The molecule has 1 amide bonds. The average Bonchev–Trinajstić information content (AvgIpc) is 2.72. The van der Waals surface area contributed by atoms with Crippen molar-refractivity contribution in [3.8, 4) is 5.75 Å². The van der Waals surface area contributed by atoms with Crippen molar-refractivity contribution in [1.82, 2.24) is 0 Å². The smallest absolute Gasteiger partial charge is 0.262 e. The number of ether oxygens (including phenoxy) is 1. The Kier molecular flexibility index (Phi) is 7.56. The molecular weight excluding hydrogens is 506 g/mol. The van der Waals surface area contributed by atoms with Gasteiger partial charge in [-0.15, -0.1) is 0 Å². The summed E-state index contributed by atoms with van der Waals surface area (Å²) in [6.07, 6.45) is 0. The molecule has 0 heterocycles. The molecule has 0 unspecified atom stereocenters. The van der Waals surface area contributed by atoms with Crippen LogP contribution >= 0.6 is 46.4 Å². The van der Waals surface area contributed by atoms with Gasteiger partial charge < -0.3 is 10.1 Å². The van der Waals surface area contributed by atoms with Crippen molar-refractivity contribution < 1.29 is 17.9 Å². The molecule has 3 aromatic rings. The van der Waals surface area contributed by atoms with E-state index in [9.17, 15) is 13.2 Å². The molecule has 0 spiro atoms. The molecule has 3 rings (SSSR count). The molecule has 0 saturated heterocycles. The summed E-state index contributed by atoms with van der Waals surface area (Å²) in [4.78, 5) is 12.1. The second-order valence-corrected chi connectivity index (χ2v) is 9.45. The Morgan fingerprint density at radius 2 is 1.48 bits per heavy atom. The summed E-state index contributed by atoms with van der Waals surface area (Å²) in [6, 6.07) is 14.8. The van der Waals surface area contributed by atoms with Gasteiger partial charge in [-0.3, -0.25) is 9.52 Å². The zero-order valence-electron chi connectivity index (χ0n) is 15.5. The van der Waals surface area contributed by atoms with Gasteiger partial charge >= 0.3 is 0 Å². The Morgan fingerprint density at radius 3 is 2.10 bits per heavy atom. The van der Waals surface area contributed by atoms with Crippen molar-refractivity contribution in [3.63, 3.8) is 0 Å². The average molecular weight is 520 g/mol. The van der Waals surface area contributed by atoms with Gasteiger partial charge in [0, 0.05) is 0 Å². The fourth-order valence-electron chi connectivity index (χ4n) is 2.43. The van der Waals surface area contributed by atoms with Crippen LogP contribution in [0.1, 0.15) is 0 Å². The SMILES string of the molecule is O=C(COc1ccc(S(=O)(=O)Nc2ccc(Cl)c(Cl)c2)cc1)Nc1c(Cl)cccc1Cl. The normalized spacial score (nSPS) is 11.1. The predicted molar refractivity (Wildman–Crippen MR) is 124 cm³/mol. The molecule has 11 heteroatoms. The molecule has 0 radical (unpaired) electrons. The molecule has 2 N–H and O–H groups in total. The number of nitrogens with one attached hydrogen (secondary N) is 2. The molecule has 3 aromatic carbocycles. The quantitative estimate of drug-likeness (QED) is 0.394. The number of anilines is 2. The van der Waals surface area contributed by atoms with Crippen molar-refractivity contribution in [2.75, 3.05) is 16.6 Å². The minimum absolute atomic E-state index is 0.00165. The molecule has 0 saturated carbocycles. The van der Waals surface area contributed by atoms with E-state index >= 15 is 0 Å². The summed E-state index contributed by atoms with van der Waals surface area (Å²) in [5, 5.41) is 3.69. The highest BCUT2D eigenvalue weighted by molar-refractivity contribution is 7.92. The molecule has 0 aromatic heterocycles. The van der Waals surface area contributed by atoms with E-state index in [-0.39, 0.29) is 27.9 Å². The number of rotatable bonds is 7. The van der Waals surface area contributed by atoms with Crippen LogP contribution in [0.5, 0.6) is 5.75 Å². The molecule has 0 atom stereocenters. The molecule has 162 valence electrons. The number of para-hydroxylation sites is 1. The van der Waals surface area contributed by atoms with E-state index in [1.165, 1.54) is 42.5 Å². The highest BCUT2D eigenvalue weighted by atomic mass is 35.5. The highest BCUT2D eigenvalue weighted by Gasteiger charge is 2.15. The Bertz CT molecular complexity index is 1200. The van der Waals surface area contributed by atoms with Crippen molar-refractivity contribution in [1.29, 1.82) is 0 Å². The largest absolute Gasteiger partial charge is 0.484 e. The Morgan fingerprint density at radius 1 is 0.839 bits per heavy atom. The van der Waals surface area contributed by atoms with E-state index < -0.39 is 15.9 Å². The second-order valence-electron chi connectivity index (χ2n) is 6.14. The number of sulfonamides is 1. The van der Waals surface area contributed by atoms with Crippen molar-refractivity contribution in [3.05, 3.63) is 80.8 Å². The van der Waals surface area contributed by atoms with Crippen molar-refractivity contribution in [2.24, 2.45) is 0 Å².